The van der Waals surface area contributed by atoms with Gasteiger partial charge < -0.3 is 13.4 Å². The Kier molecular flexibility index (Phi) is 6.78. The van der Waals surface area contributed by atoms with Crippen LogP contribution in [0.25, 0.3) is 0 Å². The van der Waals surface area contributed by atoms with Crippen LogP contribution in [0.1, 0.15) is 32.4 Å². The number of carbonyl (C=O) groups excluding carboxylic acids is 1. The molecule has 0 aromatic carbocycles. The fourth-order valence-electron chi connectivity index (χ4n) is 2.15. The number of aromatic nitrogens is 1. The third-order valence-corrected chi connectivity index (χ3v) is 5.34. The molecule has 0 N–H and O–H groups in total. The molecule has 0 radical (unpaired) electrons. The summed E-state index contributed by atoms with van der Waals surface area (Å²) in [6, 6.07) is 0.479. The summed E-state index contributed by atoms with van der Waals surface area (Å²) in [6.07, 6.45) is -6.85. The van der Waals surface area contributed by atoms with Crippen molar-refractivity contribution in [1.29, 1.82) is 0 Å². The van der Waals surface area contributed by atoms with E-state index in [2.05, 4.69) is 18.6 Å². The quantitative estimate of drug-likeness (QED) is 0.319. The minimum atomic E-state index is -6.85. The Labute approximate surface area is 164 Å². The van der Waals surface area contributed by atoms with E-state index in [4.69, 9.17) is 0 Å². The molecule has 7 nitrogen and oxygen atoms in total. The first-order valence-electron chi connectivity index (χ1n) is 7.74. The van der Waals surface area contributed by atoms with E-state index >= 15 is 0 Å². The second kappa shape index (κ2) is 7.85. The maximum atomic E-state index is 14.0. The van der Waals surface area contributed by atoms with Gasteiger partial charge in [-0.25, -0.2) is 4.39 Å². The molecule has 1 heterocycles. The molecule has 2 unspecified atom stereocenters. The average Bonchev–Trinajstić information content (AvgIpc) is 2.99. The zero-order valence-corrected chi connectivity index (χ0v) is 16.4. The number of halogens is 8. The van der Waals surface area contributed by atoms with E-state index in [9.17, 15) is 48.3 Å². The highest BCUT2D eigenvalue weighted by Crippen LogP contribution is 2.53. The smallest absolute Gasteiger partial charge is 0.457 e. The van der Waals surface area contributed by atoms with Crippen molar-refractivity contribution in [3.63, 3.8) is 0 Å². The van der Waals surface area contributed by atoms with Crippen molar-refractivity contribution in [2.24, 2.45) is 5.92 Å². The van der Waals surface area contributed by atoms with Crippen molar-refractivity contribution in [2.75, 3.05) is 7.11 Å². The van der Waals surface area contributed by atoms with Gasteiger partial charge in [0.15, 0.2) is 5.76 Å². The van der Waals surface area contributed by atoms with Crippen LogP contribution in [0.15, 0.2) is 10.6 Å². The summed E-state index contributed by atoms with van der Waals surface area (Å²) in [6.45, 7) is 2.01. The molecular formula is C14H15F8NO6S. The number of hydrogen-bond acceptors (Lipinski definition) is 7. The average molecular weight is 477 g/mol. The Morgan fingerprint density at radius 3 is 2.00 bits per heavy atom. The van der Waals surface area contributed by atoms with Gasteiger partial charge in [0.1, 0.15) is 5.92 Å². The van der Waals surface area contributed by atoms with E-state index in [0.29, 0.717) is 6.07 Å². The van der Waals surface area contributed by atoms with Gasteiger partial charge in [-0.15, -0.1) is 0 Å². The lowest BCUT2D eigenvalue weighted by Crippen LogP contribution is -2.64. The van der Waals surface area contributed by atoms with E-state index in [0.717, 1.165) is 7.11 Å². The first-order valence-corrected chi connectivity index (χ1v) is 9.15. The highest BCUT2D eigenvalue weighted by atomic mass is 32.2. The van der Waals surface area contributed by atoms with Crippen molar-refractivity contribution in [1.82, 2.24) is 5.16 Å². The lowest BCUT2D eigenvalue weighted by Gasteiger charge is -2.35. The molecule has 0 saturated heterocycles. The number of carbonyl (C=O) groups is 1. The van der Waals surface area contributed by atoms with E-state index in [1.807, 2.05) is 0 Å². The number of alkyl halides is 8. The Balaban J connectivity index is 3.32. The second-order valence-corrected chi connectivity index (χ2v) is 8.03. The second-order valence-electron chi connectivity index (χ2n) is 6.44. The molecule has 0 fully saturated rings. The monoisotopic (exact) mass is 477 g/mol. The number of hydrogen-bond donors (Lipinski definition) is 0. The van der Waals surface area contributed by atoms with Gasteiger partial charge in [-0.2, -0.15) is 39.2 Å². The minimum absolute atomic E-state index is 0.464. The molecule has 1 aromatic rings. The number of nitrogens with zero attached hydrogens (tertiary/aromatic N) is 1. The van der Waals surface area contributed by atoms with Crippen LogP contribution >= 0.6 is 0 Å². The Hall–Kier alpha value is -2.13. The van der Waals surface area contributed by atoms with Gasteiger partial charge in [-0.1, -0.05) is 13.8 Å². The first kappa shape index (κ1) is 25.9. The number of rotatable bonds is 8. The van der Waals surface area contributed by atoms with Crippen LogP contribution in [0.2, 0.25) is 0 Å². The minimum Gasteiger partial charge on any atom is -0.468 e. The molecule has 1 rings (SSSR count). The molecule has 0 aliphatic rings. The van der Waals surface area contributed by atoms with Crippen molar-refractivity contribution >= 4 is 16.1 Å². The van der Waals surface area contributed by atoms with Crippen LogP contribution in [0.4, 0.5) is 35.1 Å². The fraction of sp³-hybridized carbons (Fsp3) is 0.714. The lowest BCUT2D eigenvalue weighted by atomic mass is 9.93. The summed E-state index contributed by atoms with van der Waals surface area (Å²) in [7, 11) is -5.81. The molecule has 0 aliphatic carbocycles. The molecule has 0 bridgehead atoms. The zero-order valence-electron chi connectivity index (χ0n) is 15.6. The number of ether oxygens (including phenoxy) is 1. The molecule has 0 spiro atoms. The number of esters is 1. The third kappa shape index (κ3) is 4.18. The van der Waals surface area contributed by atoms with Crippen molar-refractivity contribution < 1.29 is 61.8 Å². The van der Waals surface area contributed by atoms with Crippen molar-refractivity contribution in [3.05, 3.63) is 11.8 Å². The summed E-state index contributed by atoms with van der Waals surface area (Å²) in [4.78, 5) is 11.7. The molecule has 174 valence electrons. The highest BCUT2D eigenvalue weighted by molar-refractivity contribution is 7.88. The molecule has 0 saturated carbocycles. The Bertz CT molecular complexity index is 877. The van der Waals surface area contributed by atoms with E-state index in [1.165, 1.54) is 13.8 Å². The fourth-order valence-corrected chi connectivity index (χ4v) is 3.16. The first-order chi connectivity index (χ1) is 13.2. The predicted molar refractivity (Wildman–Crippen MR) is 81.1 cm³/mol. The van der Waals surface area contributed by atoms with Crippen LogP contribution in [0.3, 0.4) is 0 Å². The highest BCUT2D eigenvalue weighted by Gasteiger charge is 2.82. The van der Waals surface area contributed by atoms with E-state index in [1.54, 1.807) is 0 Å². The zero-order chi connectivity index (χ0) is 23.9. The van der Waals surface area contributed by atoms with Crippen LogP contribution in [-0.2, 0) is 19.6 Å². The van der Waals surface area contributed by atoms with Crippen LogP contribution in [0, 0.1) is 5.92 Å². The van der Waals surface area contributed by atoms with Crippen LogP contribution in [0.5, 0.6) is 5.88 Å². The van der Waals surface area contributed by atoms with Gasteiger partial charge in [-0.3, -0.25) is 4.79 Å². The van der Waals surface area contributed by atoms with Crippen LogP contribution in [-0.4, -0.2) is 49.7 Å². The summed E-state index contributed by atoms with van der Waals surface area (Å²) < 4.78 is 141. The van der Waals surface area contributed by atoms with Crippen molar-refractivity contribution in [3.8, 4) is 5.88 Å². The van der Waals surface area contributed by atoms with Crippen LogP contribution < -0.4 is 4.18 Å². The largest absolute Gasteiger partial charge is 0.468 e. The normalized spacial score (nSPS) is 16.8. The standard InChI is InChI=1S/C14H15F8NO6S/c1-6(2)9(10(24)27-4)7-5-8(23-28-7)29-30(25,26)14(21,22)11(3,15)12(16,17)13(18,19)20/h5-6,9H,1-4H3. The van der Waals surface area contributed by atoms with Gasteiger partial charge in [0, 0.05) is 6.07 Å². The summed E-state index contributed by atoms with van der Waals surface area (Å²) in [5.41, 5.74) is -5.96. The van der Waals surface area contributed by atoms with Gasteiger partial charge in [0.05, 0.1) is 7.11 Å². The summed E-state index contributed by atoms with van der Waals surface area (Å²) >= 11 is 0. The molecule has 2 atom stereocenters. The van der Waals surface area contributed by atoms with E-state index < -0.39 is 69.5 Å². The maximum Gasteiger partial charge on any atom is 0.457 e. The summed E-state index contributed by atoms with van der Waals surface area (Å²) in [5.74, 6) is -11.3. The topological polar surface area (TPSA) is 95.7 Å². The lowest BCUT2D eigenvalue weighted by molar-refractivity contribution is -0.346. The Morgan fingerprint density at radius 1 is 1.10 bits per heavy atom. The van der Waals surface area contributed by atoms with Gasteiger partial charge in [-0.05, 0) is 18.0 Å². The molecule has 0 amide bonds. The maximum absolute atomic E-state index is 14.0. The molecule has 0 aliphatic heterocycles. The van der Waals surface area contributed by atoms with E-state index in [-0.39, 0.29) is 0 Å². The molecular weight excluding hydrogens is 462 g/mol. The van der Waals surface area contributed by atoms with Gasteiger partial charge >= 0.3 is 33.4 Å². The Morgan fingerprint density at radius 2 is 1.60 bits per heavy atom. The predicted octanol–water partition coefficient (Wildman–Crippen LogP) is 3.81. The van der Waals surface area contributed by atoms with Crippen molar-refractivity contribution in [2.45, 2.75) is 49.7 Å². The molecule has 16 heteroatoms. The molecule has 1 aromatic heterocycles. The third-order valence-electron chi connectivity index (χ3n) is 3.94. The SMILES string of the molecule is COC(=O)C(c1cc(OS(=O)(=O)C(F)(F)C(C)(F)C(F)(F)C(F)(F)F)no1)C(C)C. The molecule has 30 heavy (non-hydrogen) atoms. The summed E-state index contributed by atoms with van der Waals surface area (Å²) in [5, 5.41) is -3.51. The number of methoxy groups -OCH3 is 1. The van der Waals surface area contributed by atoms with Gasteiger partial charge in [0.25, 0.3) is 11.5 Å². The van der Waals surface area contributed by atoms with Gasteiger partial charge in [0.2, 0.25) is 0 Å².